The Morgan fingerprint density at radius 2 is 1.57 bits per heavy atom. The zero-order valence-corrected chi connectivity index (χ0v) is 19.4. The van der Waals surface area contributed by atoms with Crippen LogP contribution in [0.4, 0.5) is 4.79 Å². The van der Waals surface area contributed by atoms with E-state index in [9.17, 15) is 14.4 Å². The molecule has 1 N–H and O–H groups in total. The van der Waals surface area contributed by atoms with Crippen molar-refractivity contribution < 1.29 is 23.5 Å². The van der Waals surface area contributed by atoms with Crippen molar-refractivity contribution in [1.82, 2.24) is 5.32 Å². The number of hydrogen-bond donors (Lipinski definition) is 1. The van der Waals surface area contributed by atoms with Crippen LogP contribution >= 0.6 is 0 Å². The van der Waals surface area contributed by atoms with Crippen LogP contribution in [0.15, 0.2) is 88.1 Å². The van der Waals surface area contributed by atoms with Gasteiger partial charge in [0, 0.05) is 12.5 Å². The van der Waals surface area contributed by atoms with Gasteiger partial charge in [-0.1, -0.05) is 60.7 Å². The minimum atomic E-state index is -1.01. The highest BCUT2D eigenvalue weighted by Crippen LogP contribution is 2.30. The van der Waals surface area contributed by atoms with Gasteiger partial charge in [0.2, 0.25) is 0 Å². The lowest BCUT2D eigenvalue weighted by molar-refractivity contribution is -0.136. The summed E-state index contributed by atoms with van der Waals surface area (Å²) in [5.41, 5.74) is 2.88. The molecule has 0 saturated carbocycles. The number of benzene rings is 3. The minimum absolute atomic E-state index is 0.0700. The van der Waals surface area contributed by atoms with Gasteiger partial charge in [-0.05, 0) is 48.2 Å². The van der Waals surface area contributed by atoms with Gasteiger partial charge in [0.05, 0.1) is 5.39 Å². The first kappa shape index (κ1) is 23.8. The standard InChI is InChI=1S/C28H25NO6/c1-18-13-23-26(19(2)15-25(30)34-23)24(14-18)35-27(31)22(16-20-9-5-3-6-10-20)29-28(32)33-17-21-11-7-4-8-12-21/h3-15,22H,16-17H2,1-2H3,(H,29,32)/t22-/m1/s1. The molecule has 0 spiro atoms. The van der Waals surface area contributed by atoms with Crippen molar-refractivity contribution in [2.75, 3.05) is 0 Å². The molecule has 35 heavy (non-hydrogen) atoms. The second kappa shape index (κ2) is 10.7. The van der Waals surface area contributed by atoms with Crippen LogP contribution in [0, 0.1) is 13.8 Å². The molecule has 178 valence electrons. The molecule has 0 bridgehead atoms. The molecule has 1 atom stereocenters. The number of aryl methyl sites for hydroxylation is 2. The molecule has 0 fully saturated rings. The van der Waals surface area contributed by atoms with Crippen LogP contribution in [-0.2, 0) is 22.6 Å². The highest BCUT2D eigenvalue weighted by atomic mass is 16.6. The van der Waals surface area contributed by atoms with Gasteiger partial charge < -0.3 is 19.2 Å². The summed E-state index contributed by atoms with van der Waals surface area (Å²) in [7, 11) is 0. The number of carbonyl (C=O) groups is 2. The van der Waals surface area contributed by atoms with Crippen LogP contribution in [0.5, 0.6) is 5.75 Å². The van der Waals surface area contributed by atoms with Crippen LogP contribution in [0.3, 0.4) is 0 Å². The number of hydrogen-bond acceptors (Lipinski definition) is 6. The van der Waals surface area contributed by atoms with Gasteiger partial charge >= 0.3 is 17.7 Å². The second-order valence-corrected chi connectivity index (χ2v) is 8.25. The lowest BCUT2D eigenvalue weighted by Crippen LogP contribution is -2.44. The number of rotatable bonds is 7. The van der Waals surface area contributed by atoms with Crippen molar-refractivity contribution >= 4 is 23.0 Å². The van der Waals surface area contributed by atoms with Gasteiger partial charge in [-0.15, -0.1) is 0 Å². The Kier molecular flexibility index (Phi) is 7.26. The molecule has 1 heterocycles. The molecule has 7 heteroatoms. The van der Waals surface area contributed by atoms with Gasteiger partial charge in [-0.25, -0.2) is 14.4 Å². The summed E-state index contributed by atoms with van der Waals surface area (Å²) < 4.78 is 16.4. The lowest BCUT2D eigenvalue weighted by atomic mass is 10.1. The number of ether oxygens (including phenoxy) is 2. The van der Waals surface area contributed by atoms with E-state index < -0.39 is 23.7 Å². The average molecular weight is 472 g/mol. The predicted octanol–water partition coefficient (Wildman–Crippen LogP) is 4.85. The van der Waals surface area contributed by atoms with Crippen molar-refractivity contribution in [2.45, 2.75) is 32.9 Å². The molecule has 4 rings (SSSR count). The predicted molar refractivity (Wildman–Crippen MR) is 131 cm³/mol. The Morgan fingerprint density at radius 1 is 0.914 bits per heavy atom. The van der Waals surface area contributed by atoms with Gasteiger partial charge in [-0.3, -0.25) is 0 Å². The van der Waals surface area contributed by atoms with Crippen LogP contribution in [-0.4, -0.2) is 18.1 Å². The fourth-order valence-corrected chi connectivity index (χ4v) is 3.79. The van der Waals surface area contributed by atoms with Crippen LogP contribution in [0.25, 0.3) is 11.0 Å². The topological polar surface area (TPSA) is 94.8 Å². The van der Waals surface area contributed by atoms with E-state index in [0.717, 1.165) is 16.7 Å². The zero-order valence-electron chi connectivity index (χ0n) is 19.4. The summed E-state index contributed by atoms with van der Waals surface area (Å²) in [5, 5.41) is 3.15. The third-order valence-electron chi connectivity index (χ3n) is 5.43. The molecule has 0 radical (unpaired) electrons. The van der Waals surface area contributed by atoms with Crippen LogP contribution in [0.1, 0.15) is 22.3 Å². The minimum Gasteiger partial charge on any atom is -0.445 e. The van der Waals surface area contributed by atoms with Gasteiger partial charge in [0.25, 0.3) is 0 Å². The van der Waals surface area contributed by atoms with Gasteiger partial charge in [-0.2, -0.15) is 0 Å². The Hall–Kier alpha value is -4.39. The molecule has 0 aliphatic heterocycles. The van der Waals surface area contributed by atoms with E-state index in [4.69, 9.17) is 13.9 Å². The number of carbonyl (C=O) groups excluding carboxylic acids is 2. The van der Waals surface area contributed by atoms with Gasteiger partial charge in [0.1, 0.15) is 24.0 Å². The summed E-state index contributed by atoms with van der Waals surface area (Å²) >= 11 is 0. The summed E-state index contributed by atoms with van der Waals surface area (Å²) in [5.74, 6) is -0.410. The summed E-state index contributed by atoms with van der Waals surface area (Å²) in [6.07, 6.45) is -0.527. The molecule has 0 aliphatic carbocycles. The molecule has 0 saturated heterocycles. The second-order valence-electron chi connectivity index (χ2n) is 8.25. The monoisotopic (exact) mass is 471 g/mol. The maximum absolute atomic E-state index is 13.3. The molecule has 0 aliphatic rings. The Labute approximate surface area is 202 Å². The number of alkyl carbamates (subject to hydrolysis) is 1. The number of esters is 1. The number of nitrogens with one attached hydrogen (secondary N) is 1. The molecular weight excluding hydrogens is 446 g/mol. The smallest absolute Gasteiger partial charge is 0.408 e. The molecular formula is C28H25NO6. The maximum atomic E-state index is 13.3. The van der Waals surface area contributed by atoms with Gasteiger partial charge in [0.15, 0.2) is 0 Å². The summed E-state index contributed by atoms with van der Waals surface area (Å²) in [6.45, 7) is 3.62. The normalized spacial score (nSPS) is 11.6. The van der Waals surface area contributed by atoms with E-state index in [0.29, 0.717) is 16.5 Å². The first-order valence-electron chi connectivity index (χ1n) is 11.2. The molecule has 4 aromatic rings. The van der Waals surface area contributed by atoms with Crippen molar-refractivity contribution in [1.29, 1.82) is 0 Å². The largest absolute Gasteiger partial charge is 0.445 e. The number of fused-ring (bicyclic) bond motifs is 1. The Balaban J connectivity index is 1.56. The highest BCUT2D eigenvalue weighted by molar-refractivity contribution is 5.91. The fourth-order valence-electron chi connectivity index (χ4n) is 3.79. The third kappa shape index (κ3) is 6.14. The van der Waals surface area contributed by atoms with E-state index in [2.05, 4.69) is 5.32 Å². The maximum Gasteiger partial charge on any atom is 0.408 e. The van der Waals surface area contributed by atoms with E-state index in [1.165, 1.54) is 6.07 Å². The molecule has 7 nitrogen and oxygen atoms in total. The van der Waals surface area contributed by atoms with Crippen LogP contribution < -0.4 is 15.7 Å². The fraction of sp³-hybridized carbons (Fsp3) is 0.179. The Bertz CT molecular complexity index is 1400. The Morgan fingerprint density at radius 3 is 2.26 bits per heavy atom. The SMILES string of the molecule is Cc1cc(OC(=O)[C@@H](Cc2ccccc2)NC(=O)OCc2ccccc2)c2c(C)cc(=O)oc2c1. The summed E-state index contributed by atoms with van der Waals surface area (Å²) in [4.78, 5) is 37.6. The van der Waals surface area contributed by atoms with E-state index in [1.807, 2.05) is 60.7 Å². The lowest BCUT2D eigenvalue weighted by Gasteiger charge is -2.19. The summed E-state index contributed by atoms with van der Waals surface area (Å²) in [6, 6.07) is 22.3. The zero-order chi connectivity index (χ0) is 24.8. The van der Waals surface area contributed by atoms with Crippen molar-refractivity contribution in [3.05, 3.63) is 112 Å². The van der Waals surface area contributed by atoms with Crippen molar-refractivity contribution in [3.63, 3.8) is 0 Å². The van der Waals surface area contributed by atoms with Crippen molar-refractivity contribution in [3.8, 4) is 5.75 Å². The first-order valence-corrected chi connectivity index (χ1v) is 11.2. The van der Waals surface area contributed by atoms with E-state index in [-0.39, 0.29) is 18.8 Å². The van der Waals surface area contributed by atoms with E-state index >= 15 is 0 Å². The first-order chi connectivity index (χ1) is 16.9. The molecule has 3 aromatic carbocycles. The number of amides is 1. The third-order valence-corrected chi connectivity index (χ3v) is 5.43. The highest BCUT2D eigenvalue weighted by Gasteiger charge is 2.25. The molecule has 1 amide bonds. The molecule has 0 unspecified atom stereocenters. The van der Waals surface area contributed by atoms with Crippen molar-refractivity contribution in [2.24, 2.45) is 0 Å². The molecule has 1 aromatic heterocycles. The van der Waals surface area contributed by atoms with Crippen LogP contribution in [0.2, 0.25) is 0 Å². The quantitative estimate of drug-likeness (QED) is 0.235. The average Bonchev–Trinajstić information content (AvgIpc) is 2.83. The van der Waals surface area contributed by atoms with E-state index in [1.54, 1.807) is 26.0 Å².